The number of benzene rings is 1. The lowest BCUT2D eigenvalue weighted by Gasteiger charge is -2.32. The van der Waals surface area contributed by atoms with Crippen LogP contribution in [0.5, 0.6) is 5.75 Å². The molecule has 0 bridgehead atoms. The Labute approximate surface area is 136 Å². The van der Waals surface area contributed by atoms with Gasteiger partial charge in [0.15, 0.2) is 0 Å². The van der Waals surface area contributed by atoms with Gasteiger partial charge in [0.05, 0.1) is 18.5 Å². The molecule has 0 saturated carbocycles. The number of carbonyl (C=O) groups is 1. The first-order valence-corrected chi connectivity index (χ1v) is 7.90. The third-order valence-corrected chi connectivity index (χ3v) is 4.34. The summed E-state index contributed by atoms with van der Waals surface area (Å²) in [5.74, 6) is 1.12. The largest absolute Gasteiger partial charge is 0.496 e. The molecule has 1 aromatic carbocycles. The van der Waals surface area contributed by atoms with Gasteiger partial charge in [-0.3, -0.25) is 14.8 Å². The first-order chi connectivity index (χ1) is 11.2. The minimum atomic E-state index is 0.123. The van der Waals surface area contributed by atoms with Crippen LogP contribution in [0.3, 0.4) is 0 Å². The van der Waals surface area contributed by atoms with Crippen molar-refractivity contribution in [2.24, 2.45) is 0 Å². The molecule has 5 nitrogen and oxygen atoms in total. The zero-order valence-electron chi connectivity index (χ0n) is 13.5. The number of ether oxygens (including phenoxy) is 1. The molecule has 0 N–H and O–H groups in total. The van der Waals surface area contributed by atoms with Crippen LogP contribution in [-0.2, 0) is 4.79 Å². The summed E-state index contributed by atoms with van der Waals surface area (Å²) in [6.07, 6.45) is 5.44. The summed E-state index contributed by atoms with van der Waals surface area (Å²) >= 11 is 0. The molecule has 2 aromatic rings. The standard InChI is InChI=1S/C18H21N3O2/c1-13(22)21-11-5-6-14(12-21)17-18(20-10-9-19-17)15-7-3-4-8-16(15)23-2/h3-4,7-10,14H,5-6,11-12H2,1-2H3/t14-/m1/s1. The molecule has 1 aromatic heterocycles. The Balaban J connectivity index is 1.99. The number of piperidine rings is 1. The van der Waals surface area contributed by atoms with E-state index in [9.17, 15) is 4.79 Å². The fraction of sp³-hybridized carbons (Fsp3) is 0.389. The van der Waals surface area contributed by atoms with Crippen molar-refractivity contribution in [1.29, 1.82) is 0 Å². The molecule has 0 aliphatic carbocycles. The van der Waals surface area contributed by atoms with Crippen LogP contribution < -0.4 is 4.74 Å². The van der Waals surface area contributed by atoms with E-state index in [0.29, 0.717) is 6.54 Å². The van der Waals surface area contributed by atoms with Gasteiger partial charge < -0.3 is 9.64 Å². The fourth-order valence-corrected chi connectivity index (χ4v) is 3.18. The molecule has 3 rings (SSSR count). The summed E-state index contributed by atoms with van der Waals surface area (Å²) in [7, 11) is 1.66. The van der Waals surface area contributed by atoms with Crippen molar-refractivity contribution in [3.05, 3.63) is 42.4 Å². The maximum absolute atomic E-state index is 11.7. The van der Waals surface area contributed by atoms with Crippen LogP contribution in [0.25, 0.3) is 11.3 Å². The summed E-state index contributed by atoms with van der Waals surface area (Å²) in [5.41, 5.74) is 2.74. The summed E-state index contributed by atoms with van der Waals surface area (Å²) in [6, 6.07) is 7.84. The van der Waals surface area contributed by atoms with E-state index in [1.807, 2.05) is 29.2 Å². The topological polar surface area (TPSA) is 55.3 Å². The van der Waals surface area contributed by atoms with Crippen LogP contribution in [0.2, 0.25) is 0 Å². The van der Waals surface area contributed by atoms with Crippen molar-refractivity contribution in [3.8, 4) is 17.0 Å². The predicted octanol–water partition coefficient (Wildman–Crippen LogP) is 2.88. The van der Waals surface area contributed by atoms with Crippen LogP contribution in [0, 0.1) is 0 Å². The van der Waals surface area contributed by atoms with Gasteiger partial charge in [-0.2, -0.15) is 0 Å². The number of amides is 1. The number of hydrogen-bond donors (Lipinski definition) is 0. The Bertz CT molecular complexity index is 702. The fourth-order valence-electron chi connectivity index (χ4n) is 3.18. The normalized spacial score (nSPS) is 17.8. The predicted molar refractivity (Wildman–Crippen MR) is 88.2 cm³/mol. The minimum absolute atomic E-state index is 0.123. The molecule has 1 saturated heterocycles. The molecule has 1 aliphatic rings. The van der Waals surface area contributed by atoms with E-state index in [1.165, 1.54) is 0 Å². The third-order valence-electron chi connectivity index (χ3n) is 4.34. The Morgan fingerprint density at radius 2 is 2.04 bits per heavy atom. The van der Waals surface area contributed by atoms with Crippen molar-refractivity contribution in [3.63, 3.8) is 0 Å². The number of para-hydroxylation sites is 1. The average molecular weight is 311 g/mol. The molecule has 0 spiro atoms. The Hall–Kier alpha value is -2.43. The first-order valence-electron chi connectivity index (χ1n) is 7.90. The van der Waals surface area contributed by atoms with Crippen molar-refractivity contribution in [2.75, 3.05) is 20.2 Å². The van der Waals surface area contributed by atoms with E-state index in [2.05, 4.69) is 9.97 Å². The van der Waals surface area contributed by atoms with Crippen LogP contribution in [-0.4, -0.2) is 41.0 Å². The lowest BCUT2D eigenvalue weighted by atomic mass is 9.91. The number of nitrogens with zero attached hydrogens (tertiary/aromatic N) is 3. The molecule has 2 heterocycles. The van der Waals surface area contributed by atoms with E-state index in [1.54, 1.807) is 26.4 Å². The number of carbonyl (C=O) groups excluding carboxylic acids is 1. The second-order valence-corrected chi connectivity index (χ2v) is 5.79. The molecule has 1 aliphatic heterocycles. The van der Waals surface area contributed by atoms with Gasteiger partial charge in [-0.15, -0.1) is 0 Å². The van der Waals surface area contributed by atoms with Crippen LogP contribution in [0.4, 0.5) is 0 Å². The molecule has 0 unspecified atom stereocenters. The molecule has 23 heavy (non-hydrogen) atoms. The monoisotopic (exact) mass is 311 g/mol. The SMILES string of the molecule is COc1ccccc1-c1nccnc1[C@@H]1CCCN(C(C)=O)C1. The zero-order chi connectivity index (χ0) is 16.2. The lowest BCUT2D eigenvalue weighted by molar-refractivity contribution is -0.130. The highest BCUT2D eigenvalue weighted by atomic mass is 16.5. The first kappa shape index (κ1) is 15.5. The van der Waals surface area contributed by atoms with Crippen molar-refractivity contribution in [2.45, 2.75) is 25.7 Å². The molecule has 5 heteroatoms. The van der Waals surface area contributed by atoms with Crippen LogP contribution in [0.15, 0.2) is 36.7 Å². The van der Waals surface area contributed by atoms with E-state index in [-0.39, 0.29) is 11.8 Å². The number of likely N-dealkylation sites (tertiary alicyclic amines) is 1. The molecule has 1 fully saturated rings. The Morgan fingerprint density at radius 3 is 2.83 bits per heavy atom. The van der Waals surface area contributed by atoms with Crippen molar-refractivity contribution < 1.29 is 9.53 Å². The second kappa shape index (κ2) is 6.77. The maximum atomic E-state index is 11.7. The number of methoxy groups -OCH3 is 1. The number of hydrogen-bond acceptors (Lipinski definition) is 4. The van der Waals surface area contributed by atoms with Gasteiger partial charge in [-0.25, -0.2) is 0 Å². The van der Waals surface area contributed by atoms with E-state index >= 15 is 0 Å². The van der Waals surface area contributed by atoms with Crippen molar-refractivity contribution in [1.82, 2.24) is 14.9 Å². The quantitative estimate of drug-likeness (QED) is 0.874. The summed E-state index contributed by atoms with van der Waals surface area (Å²) < 4.78 is 5.47. The highest BCUT2D eigenvalue weighted by molar-refractivity contribution is 5.74. The molecule has 1 atom stereocenters. The minimum Gasteiger partial charge on any atom is -0.496 e. The van der Waals surface area contributed by atoms with Crippen LogP contribution >= 0.6 is 0 Å². The Kier molecular flexibility index (Phi) is 4.55. The summed E-state index contributed by atoms with van der Waals surface area (Å²) in [5, 5.41) is 0. The van der Waals surface area contributed by atoms with Gasteiger partial charge in [-0.1, -0.05) is 12.1 Å². The van der Waals surface area contributed by atoms with Gasteiger partial charge in [0.2, 0.25) is 5.91 Å². The summed E-state index contributed by atoms with van der Waals surface area (Å²) in [6.45, 7) is 3.16. The molecule has 1 amide bonds. The molecular formula is C18H21N3O2. The van der Waals surface area contributed by atoms with Crippen molar-refractivity contribution >= 4 is 5.91 Å². The van der Waals surface area contributed by atoms with Crippen LogP contribution in [0.1, 0.15) is 31.4 Å². The molecular weight excluding hydrogens is 290 g/mol. The van der Waals surface area contributed by atoms with Gasteiger partial charge in [0, 0.05) is 43.9 Å². The van der Waals surface area contributed by atoms with Gasteiger partial charge in [0.1, 0.15) is 5.75 Å². The van der Waals surface area contributed by atoms with Gasteiger partial charge in [-0.05, 0) is 25.0 Å². The van der Waals surface area contributed by atoms with E-state index in [4.69, 9.17) is 4.74 Å². The Morgan fingerprint density at radius 1 is 1.26 bits per heavy atom. The molecule has 0 radical (unpaired) electrons. The second-order valence-electron chi connectivity index (χ2n) is 5.79. The van der Waals surface area contributed by atoms with E-state index < -0.39 is 0 Å². The smallest absolute Gasteiger partial charge is 0.219 e. The summed E-state index contributed by atoms with van der Waals surface area (Å²) in [4.78, 5) is 22.7. The lowest BCUT2D eigenvalue weighted by Crippen LogP contribution is -2.38. The maximum Gasteiger partial charge on any atom is 0.219 e. The number of aromatic nitrogens is 2. The zero-order valence-corrected chi connectivity index (χ0v) is 13.5. The van der Waals surface area contributed by atoms with E-state index in [0.717, 1.165) is 42.1 Å². The highest BCUT2D eigenvalue weighted by Gasteiger charge is 2.27. The number of rotatable bonds is 3. The van der Waals surface area contributed by atoms with Gasteiger partial charge in [0.25, 0.3) is 0 Å². The highest BCUT2D eigenvalue weighted by Crippen LogP contribution is 2.35. The molecule has 120 valence electrons. The third kappa shape index (κ3) is 3.18. The van der Waals surface area contributed by atoms with Gasteiger partial charge >= 0.3 is 0 Å². The average Bonchev–Trinajstić information content (AvgIpc) is 2.61.